The molecule has 38 heavy (non-hydrogen) atoms. The Labute approximate surface area is 238 Å². The van der Waals surface area contributed by atoms with Crippen LogP contribution in [-0.2, 0) is 32.6 Å². The topological polar surface area (TPSA) is 86.8 Å². The first-order valence-corrected chi connectivity index (χ1v) is 15.1. The molecule has 1 unspecified atom stereocenters. The molecule has 0 aliphatic rings. The van der Waals surface area contributed by atoms with Gasteiger partial charge in [-0.2, -0.15) is 0 Å². The molecule has 1 atom stereocenters. The van der Waals surface area contributed by atoms with Crippen LogP contribution in [0.15, 0.2) is 77.3 Å². The van der Waals surface area contributed by atoms with Gasteiger partial charge in [0.2, 0.25) is 21.8 Å². The zero-order valence-corrected chi connectivity index (χ0v) is 24.7. The first-order valence-electron chi connectivity index (χ1n) is 12.1. The van der Waals surface area contributed by atoms with Gasteiger partial charge in [-0.05, 0) is 54.8 Å². The van der Waals surface area contributed by atoms with E-state index >= 15 is 0 Å². The minimum atomic E-state index is -3.85. The van der Waals surface area contributed by atoms with E-state index in [-0.39, 0.29) is 24.6 Å². The third-order valence-corrected chi connectivity index (χ3v) is 8.03. The van der Waals surface area contributed by atoms with Crippen LogP contribution in [0.1, 0.15) is 23.6 Å². The van der Waals surface area contributed by atoms with E-state index in [0.717, 1.165) is 31.7 Å². The van der Waals surface area contributed by atoms with Crippen molar-refractivity contribution in [3.05, 3.63) is 99.0 Å². The van der Waals surface area contributed by atoms with E-state index in [9.17, 15) is 18.0 Å². The summed E-state index contributed by atoms with van der Waals surface area (Å²) in [5, 5.41) is 3.22. The Balaban J connectivity index is 2.05. The highest BCUT2D eigenvalue weighted by Crippen LogP contribution is 2.26. The average Bonchev–Trinajstić information content (AvgIpc) is 2.86. The number of amides is 2. The molecule has 0 aromatic heterocycles. The maximum absolute atomic E-state index is 14.0. The average molecular weight is 621 g/mol. The molecule has 7 nitrogen and oxygen atoms in total. The number of carbonyl (C=O) groups is 2. The zero-order chi connectivity index (χ0) is 27.9. The van der Waals surface area contributed by atoms with Gasteiger partial charge >= 0.3 is 0 Å². The van der Waals surface area contributed by atoms with Gasteiger partial charge in [0, 0.05) is 29.0 Å². The number of hydrogen-bond donors (Lipinski definition) is 1. The fourth-order valence-electron chi connectivity index (χ4n) is 4.03. The normalized spacial score (nSPS) is 12.0. The van der Waals surface area contributed by atoms with Gasteiger partial charge in [0.15, 0.2) is 0 Å². The van der Waals surface area contributed by atoms with Gasteiger partial charge in [-0.3, -0.25) is 13.9 Å². The molecule has 202 valence electrons. The number of sulfonamides is 1. The number of anilines is 1. The zero-order valence-electron chi connectivity index (χ0n) is 21.5. The molecule has 3 aromatic carbocycles. The quantitative estimate of drug-likeness (QED) is 0.329. The smallest absolute Gasteiger partial charge is 0.244 e. The molecule has 2 amide bonds. The predicted octanol–water partition coefficient (Wildman–Crippen LogP) is 4.95. The van der Waals surface area contributed by atoms with Crippen LogP contribution < -0.4 is 9.62 Å². The summed E-state index contributed by atoms with van der Waals surface area (Å²) in [6, 6.07) is 20.8. The molecule has 0 aliphatic carbocycles. The lowest BCUT2D eigenvalue weighted by atomic mass is 10.0. The summed E-state index contributed by atoms with van der Waals surface area (Å²) >= 11 is 9.73. The standard InChI is InChI=1S/C28H31BrClN3O4S/c1-4-31-28(35)26(16-21-9-6-5-7-10-21)32(18-22-11-8-12-23(29)15-22)27(34)19-33(38(3,36)37)24-14-13-20(2)25(30)17-24/h5-15,17,26H,4,16,18-19H2,1-3H3,(H,31,35). The molecule has 0 spiro atoms. The lowest BCUT2D eigenvalue weighted by Gasteiger charge is -2.33. The van der Waals surface area contributed by atoms with Crippen molar-refractivity contribution in [1.29, 1.82) is 0 Å². The highest BCUT2D eigenvalue weighted by Gasteiger charge is 2.33. The van der Waals surface area contributed by atoms with Gasteiger partial charge in [0.05, 0.1) is 11.9 Å². The van der Waals surface area contributed by atoms with E-state index < -0.39 is 28.5 Å². The summed E-state index contributed by atoms with van der Waals surface area (Å²) < 4.78 is 27.5. The van der Waals surface area contributed by atoms with Crippen LogP contribution in [0.3, 0.4) is 0 Å². The van der Waals surface area contributed by atoms with Crippen molar-refractivity contribution in [3.63, 3.8) is 0 Å². The highest BCUT2D eigenvalue weighted by molar-refractivity contribution is 9.10. The van der Waals surface area contributed by atoms with Gasteiger partial charge in [-0.1, -0.05) is 76.1 Å². The molecule has 0 bridgehead atoms. The molecule has 0 heterocycles. The van der Waals surface area contributed by atoms with E-state index in [1.165, 1.54) is 11.0 Å². The number of benzene rings is 3. The molecule has 0 saturated heterocycles. The van der Waals surface area contributed by atoms with Crippen LogP contribution in [0.4, 0.5) is 5.69 Å². The van der Waals surface area contributed by atoms with E-state index in [2.05, 4.69) is 21.2 Å². The molecule has 0 aliphatic heterocycles. The predicted molar refractivity (Wildman–Crippen MR) is 156 cm³/mol. The second-order valence-electron chi connectivity index (χ2n) is 8.95. The number of rotatable bonds is 11. The first kappa shape index (κ1) is 29.7. The fraction of sp³-hybridized carbons (Fsp3) is 0.286. The summed E-state index contributed by atoms with van der Waals surface area (Å²) in [5.74, 6) is -0.830. The third-order valence-electron chi connectivity index (χ3n) is 5.99. The second-order valence-corrected chi connectivity index (χ2v) is 12.2. The van der Waals surface area contributed by atoms with Gasteiger partial charge < -0.3 is 10.2 Å². The number of carbonyl (C=O) groups excluding carboxylic acids is 2. The Bertz CT molecular complexity index is 1390. The van der Waals surface area contributed by atoms with Crippen molar-refractivity contribution < 1.29 is 18.0 Å². The SMILES string of the molecule is CCNC(=O)C(Cc1ccccc1)N(Cc1cccc(Br)c1)C(=O)CN(c1ccc(C)c(Cl)c1)S(C)(=O)=O. The lowest BCUT2D eigenvalue weighted by Crippen LogP contribution is -2.53. The summed E-state index contributed by atoms with van der Waals surface area (Å²) in [6.07, 6.45) is 1.31. The second kappa shape index (κ2) is 13.3. The first-order chi connectivity index (χ1) is 18.0. The van der Waals surface area contributed by atoms with Crippen molar-refractivity contribution in [1.82, 2.24) is 10.2 Å². The number of nitrogens with one attached hydrogen (secondary N) is 1. The van der Waals surface area contributed by atoms with Crippen molar-refractivity contribution in [3.8, 4) is 0 Å². The fourth-order valence-corrected chi connectivity index (χ4v) is 5.49. The summed E-state index contributed by atoms with van der Waals surface area (Å²) in [5.41, 5.74) is 2.72. The van der Waals surface area contributed by atoms with Crippen LogP contribution in [-0.4, -0.2) is 50.5 Å². The maximum Gasteiger partial charge on any atom is 0.244 e. The Kier molecular flexibility index (Phi) is 10.4. The molecule has 0 saturated carbocycles. The molecular formula is C28H31BrClN3O4S. The molecule has 0 radical (unpaired) electrons. The molecule has 10 heteroatoms. The largest absolute Gasteiger partial charge is 0.355 e. The lowest BCUT2D eigenvalue weighted by molar-refractivity contribution is -0.140. The Morgan fingerprint density at radius 3 is 2.29 bits per heavy atom. The van der Waals surface area contributed by atoms with Crippen LogP contribution in [0.25, 0.3) is 0 Å². The number of hydrogen-bond acceptors (Lipinski definition) is 4. The van der Waals surface area contributed by atoms with Crippen molar-refractivity contribution >= 4 is 55.1 Å². The van der Waals surface area contributed by atoms with E-state index in [1.807, 2.05) is 68.4 Å². The Morgan fingerprint density at radius 1 is 1.00 bits per heavy atom. The molecule has 3 aromatic rings. The summed E-state index contributed by atoms with van der Waals surface area (Å²) in [7, 11) is -3.85. The number of likely N-dealkylation sites (N-methyl/N-ethyl adjacent to an activating group) is 1. The highest BCUT2D eigenvalue weighted by atomic mass is 79.9. The van der Waals surface area contributed by atoms with Gasteiger partial charge in [-0.25, -0.2) is 8.42 Å². The minimum absolute atomic E-state index is 0.110. The van der Waals surface area contributed by atoms with Crippen molar-refractivity contribution in [2.45, 2.75) is 32.9 Å². The monoisotopic (exact) mass is 619 g/mol. The number of aryl methyl sites for hydroxylation is 1. The maximum atomic E-state index is 14.0. The van der Waals surface area contributed by atoms with Crippen LogP contribution in [0, 0.1) is 6.92 Å². The van der Waals surface area contributed by atoms with Crippen LogP contribution in [0.2, 0.25) is 5.02 Å². The molecular weight excluding hydrogens is 590 g/mol. The minimum Gasteiger partial charge on any atom is -0.355 e. The van der Waals surface area contributed by atoms with Crippen molar-refractivity contribution in [2.75, 3.05) is 23.7 Å². The van der Waals surface area contributed by atoms with Gasteiger partial charge in [0.1, 0.15) is 12.6 Å². The molecule has 1 N–H and O–H groups in total. The van der Waals surface area contributed by atoms with Crippen LogP contribution >= 0.6 is 27.5 Å². The molecule has 3 rings (SSSR count). The van der Waals surface area contributed by atoms with Gasteiger partial charge in [-0.15, -0.1) is 0 Å². The summed E-state index contributed by atoms with van der Waals surface area (Å²) in [4.78, 5) is 28.7. The van der Waals surface area contributed by atoms with Gasteiger partial charge in [0.25, 0.3) is 0 Å². The summed E-state index contributed by atoms with van der Waals surface area (Å²) in [6.45, 7) is 3.63. The van der Waals surface area contributed by atoms with E-state index in [0.29, 0.717) is 11.6 Å². The Hall–Kier alpha value is -2.88. The number of nitrogens with zero attached hydrogens (tertiary/aromatic N) is 2. The number of halogens is 2. The van der Waals surface area contributed by atoms with E-state index in [4.69, 9.17) is 11.6 Å². The molecule has 0 fully saturated rings. The van der Waals surface area contributed by atoms with Crippen LogP contribution in [0.5, 0.6) is 0 Å². The van der Waals surface area contributed by atoms with E-state index in [1.54, 1.807) is 12.1 Å². The Morgan fingerprint density at radius 2 is 1.68 bits per heavy atom. The third kappa shape index (κ3) is 8.06. The van der Waals surface area contributed by atoms with Crippen molar-refractivity contribution in [2.24, 2.45) is 0 Å².